The molecule has 0 saturated heterocycles. The number of rotatable bonds is 12. The van der Waals surface area contributed by atoms with Crippen LogP contribution in [0.4, 0.5) is 5.95 Å². The highest BCUT2D eigenvalue weighted by Gasteiger charge is 2.20. The average Bonchev–Trinajstić information content (AvgIpc) is 2.85. The van der Waals surface area contributed by atoms with Crippen LogP contribution in [-0.4, -0.2) is 70.0 Å². The van der Waals surface area contributed by atoms with Gasteiger partial charge in [-0.25, -0.2) is 0 Å². The van der Waals surface area contributed by atoms with Crippen LogP contribution in [0.25, 0.3) is 22.3 Å². The first kappa shape index (κ1) is 24.4. The van der Waals surface area contributed by atoms with E-state index >= 15 is 0 Å². The van der Waals surface area contributed by atoms with Crippen molar-refractivity contribution in [3.8, 4) is 22.6 Å². The van der Waals surface area contributed by atoms with Gasteiger partial charge in [0.1, 0.15) is 17.0 Å². The molecule has 33 heavy (non-hydrogen) atoms. The van der Waals surface area contributed by atoms with Crippen LogP contribution in [0.2, 0.25) is 0 Å². The lowest BCUT2D eigenvalue weighted by Crippen LogP contribution is -2.24. The van der Waals surface area contributed by atoms with Crippen molar-refractivity contribution in [2.24, 2.45) is 0 Å². The fourth-order valence-electron chi connectivity index (χ4n) is 3.80. The summed E-state index contributed by atoms with van der Waals surface area (Å²) >= 11 is 0. The zero-order valence-electron chi connectivity index (χ0n) is 20.1. The van der Waals surface area contributed by atoms with Gasteiger partial charge >= 0.3 is 0 Å². The fourth-order valence-corrected chi connectivity index (χ4v) is 3.80. The number of methoxy groups -OCH3 is 2. The third-order valence-corrected chi connectivity index (χ3v) is 5.69. The first-order chi connectivity index (χ1) is 16.1. The lowest BCUT2D eigenvalue weighted by molar-refractivity contribution is 0.298. The van der Waals surface area contributed by atoms with Gasteiger partial charge in [-0.05, 0) is 45.5 Å². The number of nitrogens with one attached hydrogen (secondary N) is 1. The van der Waals surface area contributed by atoms with Crippen LogP contribution >= 0.6 is 0 Å². The van der Waals surface area contributed by atoms with E-state index in [9.17, 15) is 4.79 Å². The molecule has 0 unspecified atom stereocenters. The van der Waals surface area contributed by atoms with E-state index in [0.717, 1.165) is 39.0 Å². The van der Waals surface area contributed by atoms with Crippen molar-refractivity contribution in [1.29, 1.82) is 0 Å². The average molecular weight is 456 g/mol. The molecular formula is C23H33N7O3. The smallest absolute Gasteiger partial charge is 0.260 e. The largest absolute Gasteiger partial charge is 0.494 e. The normalized spacial score (nSPS) is 11.2. The maximum Gasteiger partial charge on any atom is 0.260 e. The number of aryl methyl sites for hydroxylation is 1. The second-order valence-corrected chi connectivity index (χ2v) is 7.53. The van der Waals surface area contributed by atoms with E-state index in [4.69, 9.17) is 9.47 Å². The van der Waals surface area contributed by atoms with Crippen LogP contribution in [0.1, 0.15) is 33.6 Å². The van der Waals surface area contributed by atoms with Crippen molar-refractivity contribution < 1.29 is 9.47 Å². The molecule has 3 rings (SSSR count). The van der Waals surface area contributed by atoms with Crippen molar-refractivity contribution in [2.75, 3.05) is 45.7 Å². The quantitative estimate of drug-likeness (QED) is 0.412. The van der Waals surface area contributed by atoms with Crippen LogP contribution in [-0.2, 0) is 6.54 Å². The molecule has 0 atom stereocenters. The monoisotopic (exact) mass is 455 g/mol. The van der Waals surface area contributed by atoms with E-state index in [2.05, 4.69) is 44.2 Å². The third kappa shape index (κ3) is 5.39. The molecule has 0 aliphatic heterocycles. The van der Waals surface area contributed by atoms with Gasteiger partial charge in [-0.2, -0.15) is 4.98 Å². The number of hydrogen-bond acceptors (Lipinski definition) is 9. The van der Waals surface area contributed by atoms with Crippen molar-refractivity contribution in [3.63, 3.8) is 0 Å². The molecule has 0 aromatic carbocycles. The Morgan fingerprint density at radius 1 is 1.03 bits per heavy atom. The number of hydrogen-bond donors (Lipinski definition) is 1. The highest BCUT2D eigenvalue weighted by molar-refractivity contribution is 5.83. The van der Waals surface area contributed by atoms with Crippen LogP contribution in [0, 0.1) is 0 Å². The van der Waals surface area contributed by atoms with Crippen molar-refractivity contribution in [3.05, 3.63) is 28.8 Å². The SMILES string of the molecule is CCN(CC)CCCCNc1nnc2cc(-c3c(OC)cncc3OC)c(=O)n(CC)c2n1. The minimum atomic E-state index is -0.210. The molecule has 0 aliphatic rings. The highest BCUT2D eigenvalue weighted by Crippen LogP contribution is 2.36. The molecule has 0 fully saturated rings. The molecule has 0 saturated carbocycles. The maximum absolute atomic E-state index is 13.4. The van der Waals surface area contributed by atoms with Crippen molar-refractivity contribution in [2.45, 2.75) is 40.2 Å². The number of anilines is 1. The topological polar surface area (TPSA) is 107 Å². The lowest BCUT2D eigenvalue weighted by atomic mass is 10.1. The number of ether oxygens (including phenoxy) is 2. The van der Waals surface area contributed by atoms with Crippen LogP contribution < -0.4 is 20.3 Å². The van der Waals surface area contributed by atoms with Gasteiger partial charge in [-0.3, -0.25) is 14.3 Å². The number of nitrogens with zero attached hydrogens (tertiary/aromatic N) is 6. The summed E-state index contributed by atoms with van der Waals surface area (Å²) in [6, 6.07) is 1.68. The Kier molecular flexibility index (Phi) is 8.53. The van der Waals surface area contributed by atoms with Gasteiger partial charge < -0.3 is 19.7 Å². The molecule has 3 heterocycles. The van der Waals surface area contributed by atoms with E-state index in [-0.39, 0.29) is 5.56 Å². The summed E-state index contributed by atoms with van der Waals surface area (Å²) in [7, 11) is 3.06. The Labute approximate surface area is 194 Å². The molecule has 0 amide bonds. The minimum Gasteiger partial charge on any atom is -0.494 e. The Balaban J connectivity index is 1.89. The zero-order valence-corrected chi connectivity index (χ0v) is 20.1. The maximum atomic E-state index is 13.4. The summed E-state index contributed by atoms with van der Waals surface area (Å²) in [4.78, 5) is 24.5. The second-order valence-electron chi connectivity index (χ2n) is 7.53. The molecule has 0 radical (unpaired) electrons. The Hall–Kier alpha value is -3.27. The Morgan fingerprint density at radius 2 is 1.73 bits per heavy atom. The molecule has 0 aliphatic carbocycles. The number of pyridine rings is 2. The van der Waals surface area contributed by atoms with Gasteiger partial charge in [0.15, 0.2) is 5.65 Å². The highest BCUT2D eigenvalue weighted by atomic mass is 16.5. The standard InChI is InChI=1S/C23H33N7O3/c1-6-29(7-2)12-10-9-11-25-23-26-21-17(27-28-23)13-16(22(31)30(21)8-3)20-18(32-4)14-24-15-19(20)33-5/h13-15H,6-12H2,1-5H3,(H,25,26,28). The van der Waals surface area contributed by atoms with E-state index in [0.29, 0.717) is 46.3 Å². The predicted molar refractivity (Wildman–Crippen MR) is 129 cm³/mol. The molecule has 10 nitrogen and oxygen atoms in total. The predicted octanol–water partition coefficient (Wildman–Crippen LogP) is 2.82. The first-order valence-corrected chi connectivity index (χ1v) is 11.4. The molecular weight excluding hydrogens is 422 g/mol. The molecule has 3 aromatic heterocycles. The third-order valence-electron chi connectivity index (χ3n) is 5.69. The van der Waals surface area contributed by atoms with E-state index < -0.39 is 0 Å². The van der Waals surface area contributed by atoms with Crippen LogP contribution in [0.15, 0.2) is 23.3 Å². The van der Waals surface area contributed by atoms with E-state index in [1.807, 2.05) is 6.92 Å². The summed E-state index contributed by atoms with van der Waals surface area (Å²) in [5, 5.41) is 11.8. The fraction of sp³-hybridized carbons (Fsp3) is 0.522. The Bertz CT molecular complexity index is 1110. The van der Waals surface area contributed by atoms with Gasteiger partial charge in [-0.1, -0.05) is 13.8 Å². The summed E-state index contributed by atoms with van der Waals surface area (Å²) in [6.45, 7) is 10.6. The molecule has 178 valence electrons. The Morgan fingerprint density at radius 3 is 2.33 bits per heavy atom. The summed E-state index contributed by atoms with van der Waals surface area (Å²) in [6.07, 6.45) is 5.19. The van der Waals surface area contributed by atoms with Gasteiger partial charge in [0, 0.05) is 13.1 Å². The second kappa shape index (κ2) is 11.6. The first-order valence-electron chi connectivity index (χ1n) is 11.4. The number of aromatic nitrogens is 5. The molecule has 3 aromatic rings. The van der Waals surface area contributed by atoms with Crippen LogP contribution in [0.5, 0.6) is 11.5 Å². The van der Waals surface area contributed by atoms with Gasteiger partial charge in [0.2, 0.25) is 5.95 Å². The zero-order chi connectivity index (χ0) is 23.8. The van der Waals surface area contributed by atoms with Crippen molar-refractivity contribution in [1.82, 2.24) is 29.6 Å². The van der Waals surface area contributed by atoms with Crippen LogP contribution in [0.3, 0.4) is 0 Å². The summed E-state index contributed by atoms with van der Waals surface area (Å²) < 4.78 is 12.5. The van der Waals surface area contributed by atoms with Gasteiger partial charge in [0.05, 0.1) is 37.7 Å². The molecule has 10 heteroatoms. The molecule has 0 bridgehead atoms. The number of fused-ring (bicyclic) bond motifs is 1. The molecule has 1 N–H and O–H groups in total. The van der Waals surface area contributed by atoms with Gasteiger partial charge in [-0.15, -0.1) is 10.2 Å². The summed E-state index contributed by atoms with van der Waals surface area (Å²) in [5.41, 5.74) is 1.71. The van der Waals surface area contributed by atoms with E-state index in [1.165, 1.54) is 14.2 Å². The number of unbranched alkanes of at least 4 members (excludes halogenated alkanes) is 1. The summed E-state index contributed by atoms with van der Waals surface area (Å²) in [5.74, 6) is 1.30. The van der Waals surface area contributed by atoms with E-state index in [1.54, 1.807) is 23.0 Å². The minimum absolute atomic E-state index is 0.210. The molecule has 0 spiro atoms. The lowest BCUT2D eigenvalue weighted by Gasteiger charge is -2.17. The van der Waals surface area contributed by atoms with Crippen molar-refractivity contribution >= 4 is 17.1 Å². The van der Waals surface area contributed by atoms with Gasteiger partial charge in [0.25, 0.3) is 5.56 Å².